The SMILES string of the molecule is Cc1ccc(C(=O)N(CCn2nc(C)cc2C)c2nc3c(C)cc(Cl)cc3s2)cc1. The summed E-state index contributed by atoms with van der Waals surface area (Å²) in [7, 11) is 0. The van der Waals surface area contributed by atoms with E-state index in [4.69, 9.17) is 16.6 Å². The number of benzene rings is 2. The van der Waals surface area contributed by atoms with Crippen molar-refractivity contribution in [2.45, 2.75) is 34.2 Å². The van der Waals surface area contributed by atoms with Crippen LogP contribution in [0.3, 0.4) is 0 Å². The standard InChI is InChI=1S/C23H23ClN4OS/c1-14-5-7-18(8-6-14)22(29)27(9-10-28-17(4)12-16(3)26-28)23-25-21-15(2)11-19(24)13-20(21)30-23/h5-8,11-13H,9-10H2,1-4H3. The lowest BCUT2D eigenvalue weighted by atomic mass is 10.1. The van der Waals surface area contributed by atoms with E-state index in [0.29, 0.717) is 28.8 Å². The Hall–Kier alpha value is -2.70. The van der Waals surface area contributed by atoms with Crippen LogP contribution in [0, 0.1) is 27.7 Å². The van der Waals surface area contributed by atoms with Crippen LogP contribution in [0.15, 0.2) is 42.5 Å². The van der Waals surface area contributed by atoms with Crippen LogP contribution in [0.5, 0.6) is 0 Å². The number of nitrogens with zero attached hydrogens (tertiary/aromatic N) is 4. The Morgan fingerprint density at radius 2 is 1.83 bits per heavy atom. The van der Waals surface area contributed by atoms with Crippen molar-refractivity contribution in [3.8, 4) is 0 Å². The van der Waals surface area contributed by atoms with Gasteiger partial charge in [0.25, 0.3) is 5.91 Å². The molecule has 0 atom stereocenters. The minimum absolute atomic E-state index is 0.0701. The molecule has 2 heterocycles. The number of hydrogen-bond donors (Lipinski definition) is 0. The van der Waals surface area contributed by atoms with E-state index in [1.165, 1.54) is 11.3 Å². The number of amides is 1. The molecule has 30 heavy (non-hydrogen) atoms. The van der Waals surface area contributed by atoms with Crippen LogP contribution in [0.1, 0.15) is 32.9 Å². The van der Waals surface area contributed by atoms with E-state index in [9.17, 15) is 4.79 Å². The third kappa shape index (κ3) is 4.11. The maximum Gasteiger partial charge on any atom is 0.260 e. The first kappa shape index (κ1) is 20.6. The predicted molar refractivity (Wildman–Crippen MR) is 124 cm³/mol. The van der Waals surface area contributed by atoms with Crippen LogP contribution < -0.4 is 4.90 Å². The molecule has 4 rings (SSSR count). The van der Waals surface area contributed by atoms with Crippen LogP contribution in [-0.2, 0) is 6.54 Å². The zero-order valence-corrected chi connectivity index (χ0v) is 19.0. The van der Waals surface area contributed by atoms with E-state index >= 15 is 0 Å². The van der Waals surface area contributed by atoms with Gasteiger partial charge in [-0.2, -0.15) is 5.10 Å². The van der Waals surface area contributed by atoms with Gasteiger partial charge in [0.1, 0.15) is 0 Å². The van der Waals surface area contributed by atoms with Gasteiger partial charge in [0.15, 0.2) is 5.13 Å². The van der Waals surface area contributed by atoms with Crippen molar-refractivity contribution in [2.75, 3.05) is 11.4 Å². The lowest BCUT2D eigenvalue weighted by molar-refractivity contribution is 0.0985. The summed E-state index contributed by atoms with van der Waals surface area (Å²) in [4.78, 5) is 20.0. The molecule has 2 aromatic carbocycles. The molecule has 4 aromatic rings. The second kappa shape index (κ2) is 8.20. The largest absolute Gasteiger partial charge is 0.282 e. The topological polar surface area (TPSA) is 51.0 Å². The lowest BCUT2D eigenvalue weighted by Gasteiger charge is -2.20. The number of aryl methyl sites for hydroxylation is 4. The Labute approximate surface area is 184 Å². The number of fused-ring (bicyclic) bond motifs is 1. The summed E-state index contributed by atoms with van der Waals surface area (Å²) in [5.41, 5.74) is 5.68. The predicted octanol–water partition coefficient (Wildman–Crippen LogP) is 5.73. The molecule has 0 saturated carbocycles. The van der Waals surface area contributed by atoms with Crippen molar-refractivity contribution in [3.63, 3.8) is 0 Å². The Kier molecular flexibility index (Phi) is 5.62. The highest BCUT2D eigenvalue weighted by atomic mass is 35.5. The molecule has 0 aliphatic heterocycles. The van der Waals surface area contributed by atoms with Crippen LogP contribution in [0.4, 0.5) is 5.13 Å². The highest BCUT2D eigenvalue weighted by Gasteiger charge is 2.22. The average Bonchev–Trinajstić information content (AvgIpc) is 3.25. The molecular formula is C23H23ClN4OS. The number of hydrogen-bond acceptors (Lipinski definition) is 4. The maximum absolute atomic E-state index is 13.4. The third-order valence-corrected chi connectivity index (χ3v) is 6.30. The summed E-state index contributed by atoms with van der Waals surface area (Å²) in [6, 6.07) is 13.5. The summed E-state index contributed by atoms with van der Waals surface area (Å²) in [6.45, 7) is 9.05. The second-order valence-electron chi connectivity index (χ2n) is 7.54. The molecule has 0 saturated heterocycles. The average molecular weight is 439 g/mol. The van der Waals surface area contributed by atoms with E-state index in [2.05, 4.69) is 5.10 Å². The molecule has 0 spiro atoms. The van der Waals surface area contributed by atoms with Gasteiger partial charge in [-0.25, -0.2) is 4.98 Å². The molecule has 0 bridgehead atoms. The molecule has 1 amide bonds. The van der Waals surface area contributed by atoms with Crippen LogP contribution >= 0.6 is 22.9 Å². The summed E-state index contributed by atoms with van der Waals surface area (Å²) < 4.78 is 2.91. The minimum Gasteiger partial charge on any atom is -0.282 e. The van der Waals surface area contributed by atoms with Gasteiger partial charge in [-0.15, -0.1) is 0 Å². The zero-order chi connectivity index (χ0) is 21.4. The number of carbonyl (C=O) groups excluding carboxylic acids is 1. The molecule has 0 unspecified atom stereocenters. The Balaban J connectivity index is 1.72. The summed E-state index contributed by atoms with van der Waals surface area (Å²) in [5, 5.41) is 5.88. The number of rotatable bonds is 5. The van der Waals surface area contributed by atoms with Gasteiger partial charge in [0, 0.05) is 22.8 Å². The monoisotopic (exact) mass is 438 g/mol. The maximum atomic E-state index is 13.4. The quantitative estimate of drug-likeness (QED) is 0.400. The van der Waals surface area contributed by atoms with Crippen LogP contribution in [-0.4, -0.2) is 27.2 Å². The Morgan fingerprint density at radius 3 is 2.50 bits per heavy atom. The van der Waals surface area contributed by atoms with Gasteiger partial charge in [-0.05, 0) is 63.6 Å². The first-order chi connectivity index (χ1) is 14.3. The highest BCUT2D eigenvalue weighted by Crippen LogP contribution is 2.33. The molecular weight excluding hydrogens is 416 g/mol. The fraction of sp³-hybridized carbons (Fsp3) is 0.261. The normalized spacial score (nSPS) is 11.2. The number of anilines is 1. The molecule has 0 aliphatic carbocycles. The van der Waals surface area contributed by atoms with Crippen LogP contribution in [0.25, 0.3) is 10.2 Å². The summed E-state index contributed by atoms with van der Waals surface area (Å²) >= 11 is 7.72. The summed E-state index contributed by atoms with van der Waals surface area (Å²) in [6.07, 6.45) is 0. The molecule has 0 fully saturated rings. The minimum atomic E-state index is -0.0701. The third-order valence-electron chi connectivity index (χ3n) is 5.05. The van der Waals surface area contributed by atoms with Crippen LogP contribution in [0.2, 0.25) is 5.02 Å². The molecule has 5 nitrogen and oxygen atoms in total. The van der Waals surface area contributed by atoms with Gasteiger partial charge >= 0.3 is 0 Å². The van der Waals surface area contributed by atoms with Gasteiger partial charge in [-0.1, -0.05) is 40.6 Å². The molecule has 154 valence electrons. The summed E-state index contributed by atoms with van der Waals surface area (Å²) in [5.74, 6) is -0.0701. The molecule has 0 N–H and O–H groups in total. The first-order valence-electron chi connectivity index (χ1n) is 9.78. The Bertz CT molecular complexity index is 1230. The molecule has 2 aromatic heterocycles. The van der Waals surface area contributed by atoms with E-state index in [-0.39, 0.29) is 5.91 Å². The molecule has 0 aliphatic rings. The first-order valence-corrected chi connectivity index (χ1v) is 11.0. The van der Waals surface area contributed by atoms with E-state index in [1.54, 1.807) is 4.90 Å². The lowest BCUT2D eigenvalue weighted by Crippen LogP contribution is -2.34. The van der Waals surface area contributed by atoms with Crippen molar-refractivity contribution in [3.05, 3.63) is 75.6 Å². The van der Waals surface area contributed by atoms with Gasteiger partial charge < -0.3 is 0 Å². The number of halogens is 1. The van der Waals surface area contributed by atoms with Crippen molar-refractivity contribution < 1.29 is 4.79 Å². The second-order valence-corrected chi connectivity index (χ2v) is 8.98. The highest BCUT2D eigenvalue weighted by molar-refractivity contribution is 7.22. The van der Waals surface area contributed by atoms with Crippen molar-refractivity contribution >= 4 is 44.2 Å². The number of thiazole rings is 1. The van der Waals surface area contributed by atoms with E-state index in [0.717, 1.165) is 32.7 Å². The molecule has 0 radical (unpaired) electrons. The van der Waals surface area contributed by atoms with Crippen molar-refractivity contribution in [1.82, 2.24) is 14.8 Å². The zero-order valence-electron chi connectivity index (χ0n) is 17.4. The Morgan fingerprint density at radius 1 is 1.10 bits per heavy atom. The van der Waals surface area contributed by atoms with Gasteiger partial charge in [0.05, 0.1) is 22.5 Å². The smallest absolute Gasteiger partial charge is 0.260 e. The van der Waals surface area contributed by atoms with Gasteiger partial charge in [0.2, 0.25) is 0 Å². The van der Waals surface area contributed by atoms with Gasteiger partial charge in [-0.3, -0.25) is 14.4 Å². The van der Waals surface area contributed by atoms with E-state index in [1.807, 2.05) is 74.8 Å². The number of carbonyl (C=O) groups is 1. The van der Waals surface area contributed by atoms with E-state index < -0.39 is 0 Å². The molecule has 7 heteroatoms. The van der Waals surface area contributed by atoms with Crippen molar-refractivity contribution in [2.24, 2.45) is 0 Å². The fourth-order valence-corrected chi connectivity index (χ4v) is 4.93. The number of aromatic nitrogens is 3. The fourth-order valence-electron chi connectivity index (χ4n) is 3.49. The van der Waals surface area contributed by atoms with Crippen molar-refractivity contribution in [1.29, 1.82) is 0 Å².